The minimum atomic E-state index is -1.96. The second kappa shape index (κ2) is 5.07. The van der Waals surface area contributed by atoms with E-state index >= 15 is 0 Å². The van der Waals surface area contributed by atoms with Gasteiger partial charge < -0.3 is 10.3 Å². The maximum atomic E-state index is 11.6. The van der Waals surface area contributed by atoms with Crippen LogP contribution in [0.1, 0.15) is 18.4 Å². The van der Waals surface area contributed by atoms with Crippen LogP contribution in [0.2, 0.25) is 0 Å². The predicted octanol–water partition coefficient (Wildman–Crippen LogP) is 1.27. The van der Waals surface area contributed by atoms with Crippen molar-refractivity contribution < 1.29 is 25.0 Å². The largest absolute Gasteiger partial charge is 0.480 e. The fourth-order valence-corrected chi connectivity index (χ4v) is 2.55. The normalized spacial score (nSPS) is 22.1. The smallest absolute Gasteiger partial charge is 0.331 e. The van der Waals surface area contributed by atoms with Gasteiger partial charge in [0, 0.05) is 12.6 Å². The number of rotatable bonds is 4. The Morgan fingerprint density at radius 3 is 2.38 bits per heavy atom. The number of nitrogens with zero attached hydrogens (tertiary/aromatic N) is 3. The van der Waals surface area contributed by atoms with Crippen LogP contribution in [0.4, 0.5) is 11.4 Å². The minimum Gasteiger partial charge on any atom is -0.480 e. The van der Waals surface area contributed by atoms with Crippen LogP contribution in [0.5, 0.6) is 0 Å². The lowest BCUT2D eigenvalue weighted by molar-refractivity contribution is -0.395. The highest BCUT2D eigenvalue weighted by molar-refractivity contribution is 5.83. The SMILES string of the molecule is O=C(O)[C@]1(c2ccc([N+](=O)[O-])cc2[N+](=O)[O-])CCCN1O. The molecule has 0 aromatic heterocycles. The summed E-state index contributed by atoms with van der Waals surface area (Å²) < 4.78 is 0. The van der Waals surface area contributed by atoms with E-state index in [0.717, 1.165) is 12.1 Å². The first-order valence-corrected chi connectivity index (χ1v) is 5.94. The van der Waals surface area contributed by atoms with Crippen LogP contribution in [0.3, 0.4) is 0 Å². The van der Waals surface area contributed by atoms with Gasteiger partial charge in [-0.3, -0.25) is 20.2 Å². The summed E-state index contributed by atoms with van der Waals surface area (Å²) in [6.07, 6.45) is 0.300. The Morgan fingerprint density at radius 2 is 1.95 bits per heavy atom. The number of hydrogen-bond acceptors (Lipinski definition) is 7. The Balaban J connectivity index is 2.69. The molecule has 10 nitrogen and oxygen atoms in total. The summed E-state index contributed by atoms with van der Waals surface area (Å²) >= 11 is 0. The molecule has 0 unspecified atom stereocenters. The molecule has 0 saturated carbocycles. The van der Waals surface area contributed by atoms with Crippen LogP contribution in [-0.4, -0.2) is 37.7 Å². The highest BCUT2D eigenvalue weighted by atomic mass is 16.6. The maximum Gasteiger partial charge on any atom is 0.331 e. The molecule has 112 valence electrons. The third-order valence-corrected chi connectivity index (χ3v) is 3.54. The minimum absolute atomic E-state index is 0.0303. The van der Waals surface area contributed by atoms with Crippen molar-refractivity contribution >= 4 is 17.3 Å². The molecular formula is C11H11N3O7. The van der Waals surface area contributed by atoms with Crippen LogP contribution in [0, 0.1) is 20.2 Å². The maximum absolute atomic E-state index is 11.6. The van der Waals surface area contributed by atoms with Gasteiger partial charge in [-0.25, -0.2) is 4.79 Å². The Morgan fingerprint density at radius 1 is 1.29 bits per heavy atom. The lowest BCUT2D eigenvalue weighted by Crippen LogP contribution is -2.46. The fourth-order valence-electron chi connectivity index (χ4n) is 2.55. The summed E-state index contributed by atoms with van der Waals surface area (Å²) in [5, 5.41) is 41.6. The molecule has 2 rings (SSSR count). The summed E-state index contributed by atoms with van der Waals surface area (Å²) in [5.41, 5.74) is -3.45. The van der Waals surface area contributed by atoms with Crippen molar-refractivity contribution in [3.63, 3.8) is 0 Å². The summed E-state index contributed by atoms with van der Waals surface area (Å²) in [6.45, 7) is 0.0421. The van der Waals surface area contributed by atoms with Gasteiger partial charge in [-0.2, -0.15) is 5.06 Å². The third-order valence-electron chi connectivity index (χ3n) is 3.54. The zero-order valence-electron chi connectivity index (χ0n) is 10.6. The molecule has 0 bridgehead atoms. The molecule has 21 heavy (non-hydrogen) atoms. The van der Waals surface area contributed by atoms with Gasteiger partial charge in [-0.15, -0.1) is 0 Å². The van der Waals surface area contributed by atoms with Crippen molar-refractivity contribution in [2.24, 2.45) is 0 Å². The van der Waals surface area contributed by atoms with Gasteiger partial charge in [0.2, 0.25) is 0 Å². The molecule has 10 heteroatoms. The number of hydrogen-bond donors (Lipinski definition) is 2. The molecule has 1 aliphatic heterocycles. The molecule has 0 amide bonds. The quantitative estimate of drug-likeness (QED) is 0.623. The van der Waals surface area contributed by atoms with Gasteiger partial charge in [0.25, 0.3) is 11.4 Å². The van der Waals surface area contributed by atoms with Gasteiger partial charge in [-0.05, 0) is 18.9 Å². The number of carboxylic acids is 1. The first kappa shape index (κ1) is 14.8. The summed E-state index contributed by atoms with van der Waals surface area (Å²) in [5.74, 6) is -1.44. The summed E-state index contributed by atoms with van der Waals surface area (Å²) in [4.78, 5) is 31.7. The van der Waals surface area contributed by atoms with Crippen molar-refractivity contribution in [3.8, 4) is 0 Å². The molecule has 2 N–H and O–H groups in total. The average molecular weight is 297 g/mol. The van der Waals surface area contributed by atoms with E-state index in [-0.39, 0.29) is 18.5 Å². The standard InChI is InChI=1S/C11H11N3O7/c15-10(16)11(4-1-5-12(11)17)8-3-2-7(13(18)19)6-9(8)14(20)21/h2-3,6,17H,1,4-5H2,(H,15,16)/t11-/m1/s1. The van der Waals surface area contributed by atoms with Gasteiger partial charge in [0.05, 0.1) is 21.5 Å². The number of non-ortho nitro benzene ring substituents is 1. The molecule has 0 aliphatic carbocycles. The number of carbonyl (C=O) groups is 1. The summed E-state index contributed by atoms with van der Waals surface area (Å²) in [6, 6.07) is 2.70. The fraction of sp³-hybridized carbons (Fsp3) is 0.364. The van der Waals surface area contributed by atoms with E-state index in [2.05, 4.69) is 0 Å². The van der Waals surface area contributed by atoms with Crippen LogP contribution < -0.4 is 0 Å². The van der Waals surface area contributed by atoms with E-state index < -0.39 is 32.7 Å². The average Bonchev–Trinajstić information content (AvgIpc) is 2.80. The number of nitro groups is 2. The molecule has 1 atom stereocenters. The first-order chi connectivity index (χ1) is 9.80. The number of carboxylic acid groups (broad SMARTS) is 1. The highest BCUT2D eigenvalue weighted by Gasteiger charge is 2.52. The second-order valence-electron chi connectivity index (χ2n) is 4.61. The van der Waals surface area contributed by atoms with Crippen molar-refractivity contribution in [1.82, 2.24) is 5.06 Å². The van der Waals surface area contributed by atoms with Crippen molar-refractivity contribution in [3.05, 3.63) is 44.0 Å². The zero-order valence-corrected chi connectivity index (χ0v) is 10.6. The monoisotopic (exact) mass is 297 g/mol. The van der Waals surface area contributed by atoms with E-state index in [1.165, 1.54) is 0 Å². The topological polar surface area (TPSA) is 147 Å². The van der Waals surface area contributed by atoms with E-state index in [1.54, 1.807) is 0 Å². The van der Waals surface area contributed by atoms with Crippen LogP contribution >= 0.6 is 0 Å². The molecule has 1 aromatic carbocycles. The Labute approximate surface area is 117 Å². The van der Waals surface area contributed by atoms with Crippen LogP contribution in [0.15, 0.2) is 18.2 Å². The summed E-state index contributed by atoms with van der Waals surface area (Å²) in [7, 11) is 0. The molecule has 1 fully saturated rings. The first-order valence-electron chi connectivity index (χ1n) is 5.94. The van der Waals surface area contributed by atoms with Gasteiger partial charge in [0.15, 0.2) is 5.54 Å². The molecule has 1 aromatic rings. The number of nitro benzene ring substituents is 2. The molecule has 1 saturated heterocycles. The predicted molar refractivity (Wildman–Crippen MR) is 66.8 cm³/mol. The lowest BCUT2D eigenvalue weighted by atomic mass is 9.86. The van der Waals surface area contributed by atoms with Crippen LogP contribution in [-0.2, 0) is 10.3 Å². The second-order valence-corrected chi connectivity index (χ2v) is 4.61. The Hall–Kier alpha value is -2.59. The van der Waals surface area contributed by atoms with Gasteiger partial charge >= 0.3 is 5.97 Å². The molecule has 0 radical (unpaired) electrons. The van der Waals surface area contributed by atoms with Gasteiger partial charge in [0.1, 0.15) is 0 Å². The van der Waals surface area contributed by atoms with Crippen molar-refractivity contribution in [2.45, 2.75) is 18.4 Å². The Kier molecular flexibility index (Phi) is 3.58. The number of hydroxylamine groups is 2. The molecule has 0 spiro atoms. The van der Waals surface area contributed by atoms with E-state index in [0.29, 0.717) is 17.6 Å². The Bertz CT molecular complexity index is 632. The van der Waals surface area contributed by atoms with Crippen molar-refractivity contribution in [1.29, 1.82) is 0 Å². The zero-order chi connectivity index (χ0) is 15.8. The highest BCUT2D eigenvalue weighted by Crippen LogP contribution is 2.43. The van der Waals surface area contributed by atoms with Crippen LogP contribution in [0.25, 0.3) is 0 Å². The van der Waals surface area contributed by atoms with E-state index in [4.69, 9.17) is 0 Å². The third kappa shape index (κ3) is 2.19. The molecular weight excluding hydrogens is 286 g/mol. The molecule has 1 aliphatic rings. The molecule has 1 heterocycles. The van der Waals surface area contributed by atoms with E-state index in [1.807, 2.05) is 0 Å². The lowest BCUT2D eigenvalue weighted by Gasteiger charge is -2.29. The number of benzene rings is 1. The van der Waals surface area contributed by atoms with E-state index in [9.17, 15) is 35.3 Å². The number of aliphatic carboxylic acids is 1. The van der Waals surface area contributed by atoms with Crippen molar-refractivity contribution in [2.75, 3.05) is 6.54 Å². The van der Waals surface area contributed by atoms with Gasteiger partial charge in [-0.1, -0.05) is 0 Å².